The van der Waals surface area contributed by atoms with Crippen molar-refractivity contribution in [3.05, 3.63) is 47.1 Å². The number of hydrogen-bond donors (Lipinski definition) is 1. The van der Waals surface area contributed by atoms with E-state index in [1.54, 1.807) is 0 Å². The molecule has 3 rings (SSSR count). The number of methoxy groups -OCH3 is 1. The summed E-state index contributed by atoms with van der Waals surface area (Å²) >= 11 is 2.61. The molecule has 0 aliphatic heterocycles. The van der Waals surface area contributed by atoms with Gasteiger partial charge >= 0.3 is 5.97 Å². The lowest BCUT2D eigenvalue weighted by molar-refractivity contribution is -0.113. The summed E-state index contributed by atoms with van der Waals surface area (Å²) in [7, 11) is 1.33. The highest BCUT2D eigenvalue weighted by molar-refractivity contribution is 7.99. The number of hydrogen-bond acceptors (Lipinski definition) is 7. The van der Waals surface area contributed by atoms with Crippen molar-refractivity contribution < 1.29 is 14.3 Å². The summed E-state index contributed by atoms with van der Waals surface area (Å²) in [6, 6.07) is 9.53. The van der Waals surface area contributed by atoms with Crippen LogP contribution in [0.25, 0.3) is 11.1 Å². The van der Waals surface area contributed by atoms with Crippen LogP contribution in [0.1, 0.15) is 23.1 Å². The number of benzene rings is 1. The zero-order chi connectivity index (χ0) is 20.1. The lowest BCUT2D eigenvalue weighted by Gasteiger charge is -2.08. The molecule has 0 saturated heterocycles. The van der Waals surface area contributed by atoms with Gasteiger partial charge in [0.25, 0.3) is 0 Å². The topological polar surface area (TPSA) is 86.1 Å². The molecule has 3 aromatic rings. The van der Waals surface area contributed by atoms with Crippen LogP contribution < -0.4 is 5.32 Å². The average molecular weight is 417 g/mol. The third kappa shape index (κ3) is 4.26. The lowest BCUT2D eigenvalue weighted by atomic mass is 10.0. The Labute approximate surface area is 171 Å². The summed E-state index contributed by atoms with van der Waals surface area (Å²) in [6.45, 7) is 4.61. The maximum atomic E-state index is 12.5. The van der Waals surface area contributed by atoms with E-state index in [9.17, 15) is 9.59 Å². The van der Waals surface area contributed by atoms with Gasteiger partial charge < -0.3 is 14.6 Å². The zero-order valence-electron chi connectivity index (χ0n) is 15.8. The highest BCUT2D eigenvalue weighted by Crippen LogP contribution is 2.36. The predicted molar refractivity (Wildman–Crippen MR) is 111 cm³/mol. The maximum absolute atomic E-state index is 12.5. The Kier molecular flexibility index (Phi) is 6.48. The van der Waals surface area contributed by atoms with Crippen molar-refractivity contribution in [1.29, 1.82) is 0 Å². The second-order valence-corrected chi connectivity index (χ2v) is 7.64. The van der Waals surface area contributed by atoms with Gasteiger partial charge in [-0.1, -0.05) is 42.1 Å². The largest absolute Gasteiger partial charge is 0.465 e. The molecule has 146 valence electrons. The molecule has 0 atom stereocenters. The van der Waals surface area contributed by atoms with E-state index in [1.807, 2.05) is 54.1 Å². The molecule has 0 spiro atoms. The Bertz CT molecular complexity index is 982. The molecule has 1 amide bonds. The van der Waals surface area contributed by atoms with Crippen molar-refractivity contribution in [2.24, 2.45) is 0 Å². The second kappa shape index (κ2) is 9.03. The third-order valence-electron chi connectivity index (χ3n) is 4.07. The monoisotopic (exact) mass is 416 g/mol. The number of amides is 1. The van der Waals surface area contributed by atoms with Gasteiger partial charge in [0, 0.05) is 17.5 Å². The van der Waals surface area contributed by atoms with Crippen molar-refractivity contribution in [1.82, 2.24) is 14.8 Å². The van der Waals surface area contributed by atoms with Crippen LogP contribution in [0.2, 0.25) is 0 Å². The first kappa shape index (κ1) is 20.1. The molecule has 0 fully saturated rings. The van der Waals surface area contributed by atoms with E-state index in [-0.39, 0.29) is 11.7 Å². The summed E-state index contributed by atoms with van der Waals surface area (Å²) in [4.78, 5) is 24.8. The Hall–Kier alpha value is -2.65. The minimum absolute atomic E-state index is 0.164. The molecule has 2 heterocycles. The first-order valence-electron chi connectivity index (χ1n) is 8.62. The summed E-state index contributed by atoms with van der Waals surface area (Å²) < 4.78 is 6.87. The lowest BCUT2D eigenvalue weighted by Crippen LogP contribution is -2.16. The number of carbonyl (C=O) groups is 2. The molecule has 7 nitrogen and oxygen atoms in total. The van der Waals surface area contributed by atoms with E-state index >= 15 is 0 Å². The van der Waals surface area contributed by atoms with Crippen LogP contribution in [0.15, 0.2) is 40.9 Å². The van der Waals surface area contributed by atoms with Crippen LogP contribution in [0.3, 0.4) is 0 Å². The summed E-state index contributed by atoms with van der Waals surface area (Å²) in [5, 5.41) is 14.0. The number of nitrogens with zero attached hydrogens (tertiary/aromatic N) is 3. The normalized spacial score (nSPS) is 10.7. The fraction of sp³-hybridized carbons (Fsp3) is 0.263. The van der Waals surface area contributed by atoms with Crippen molar-refractivity contribution in [3.8, 4) is 11.1 Å². The Morgan fingerprint density at radius 2 is 2.00 bits per heavy atom. The van der Waals surface area contributed by atoms with Crippen molar-refractivity contribution >= 4 is 40.0 Å². The van der Waals surface area contributed by atoms with Crippen LogP contribution in [-0.2, 0) is 16.1 Å². The van der Waals surface area contributed by atoms with E-state index in [0.29, 0.717) is 15.7 Å². The number of nitrogens with one attached hydrogen (secondary N) is 1. The van der Waals surface area contributed by atoms with Gasteiger partial charge in [-0.2, -0.15) is 0 Å². The van der Waals surface area contributed by atoms with Crippen molar-refractivity contribution in [2.75, 3.05) is 18.2 Å². The highest BCUT2D eigenvalue weighted by atomic mass is 32.2. The van der Waals surface area contributed by atoms with Crippen LogP contribution >= 0.6 is 23.1 Å². The number of carbonyl (C=O) groups excluding carboxylic acids is 2. The van der Waals surface area contributed by atoms with Crippen LogP contribution in [0, 0.1) is 6.92 Å². The Morgan fingerprint density at radius 1 is 1.25 bits per heavy atom. The van der Waals surface area contributed by atoms with E-state index in [2.05, 4.69) is 15.5 Å². The van der Waals surface area contributed by atoms with Gasteiger partial charge in [0.15, 0.2) is 5.16 Å². The number of thiophene rings is 1. The standard InChI is InChI=1S/C19H20N4O3S2/c1-4-23-12(2)21-22-19(23)28-11-15(24)20-17-16(18(25)26-3)14(10-27-17)13-8-6-5-7-9-13/h5-10H,4,11H2,1-3H3,(H,20,24). The predicted octanol–water partition coefficient (Wildman–Crippen LogP) is 3.85. The highest BCUT2D eigenvalue weighted by Gasteiger charge is 2.22. The fourth-order valence-electron chi connectivity index (χ4n) is 2.71. The van der Waals surface area contributed by atoms with Crippen LogP contribution in [-0.4, -0.2) is 39.5 Å². The van der Waals surface area contributed by atoms with Gasteiger partial charge in [-0.3, -0.25) is 4.79 Å². The quantitative estimate of drug-likeness (QED) is 0.465. The fourth-order valence-corrected chi connectivity index (χ4v) is 4.53. The molecule has 28 heavy (non-hydrogen) atoms. The maximum Gasteiger partial charge on any atom is 0.341 e. The van der Waals surface area contributed by atoms with Crippen LogP contribution in [0.4, 0.5) is 5.00 Å². The SMILES string of the molecule is CCn1c(C)nnc1SCC(=O)Nc1scc(-c2ccccc2)c1C(=O)OC. The van der Waals surface area contributed by atoms with E-state index in [4.69, 9.17) is 4.74 Å². The number of aryl methyl sites for hydroxylation is 1. The number of anilines is 1. The molecular formula is C19H20N4O3S2. The van der Waals surface area contributed by atoms with Gasteiger partial charge in [-0.25, -0.2) is 4.79 Å². The number of aromatic nitrogens is 3. The summed E-state index contributed by atoms with van der Waals surface area (Å²) in [6.07, 6.45) is 0. The average Bonchev–Trinajstić information content (AvgIpc) is 3.29. The molecule has 0 radical (unpaired) electrons. The Balaban J connectivity index is 1.77. The summed E-state index contributed by atoms with van der Waals surface area (Å²) in [5.74, 6) is 0.269. The number of thioether (sulfide) groups is 1. The molecule has 1 aromatic carbocycles. The van der Waals surface area contributed by atoms with Gasteiger partial charge in [0.1, 0.15) is 16.4 Å². The first-order chi connectivity index (χ1) is 13.5. The molecule has 0 unspecified atom stereocenters. The molecular weight excluding hydrogens is 396 g/mol. The van der Waals surface area contributed by atoms with Gasteiger partial charge in [0.05, 0.1) is 12.9 Å². The molecule has 0 aliphatic rings. The molecule has 9 heteroatoms. The van der Waals surface area contributed by atoms with E-state index < -0.39 is 5.97 Å². The third-order valence-corrected chi connectivity index (χ3v) is 5.93. The minimum Gasteiger partial charge on any atom is -0.465 e. The molecule has 0 aliphatic carbocycles. The Morgan fingerprint density at radius 3 is 2.68 bits per heavy atom. The van der Waals surface area contributed by atoms with Crippen molar-refractivity contribution in [3.63, 3.8) is 0 Å². The number of rotatable bonds is 7. The first-order valence-corrected chi connectivity index (χ1v) is 10.5. The summed E-state index contributed by atoms with van der Waals surface area (Å²) in [5.41, 5.74) is 1.99. The minimum atomic E-state index is -0.482. The van der Waals surface area contributed by atoms with E-state index in [1.165, 1.54) is 30.2 Å². The van der Waals surface area contributed by atoms with Gasteiger partial charge in [-0.15, -0.1) is 21.5 Å². The van der Waals surface area contributed by atoms with Crippen LogP contribution in [0.5, 0.6) is 0 Å². The molecule has 2 aromatic heterocycles. The molecule has 0 bridgehead atoms. The number of esters is 1. The second-order valence-electron chi connectivity index (χ2n) is 5.82. The smallest absolute Gasteiger partial charge is 0.341 e. The van der Waals surface area contributed by atoms with E-state index in [0.717, 1.165) is 23.5 Å². The number of ether oxygens (including phenoxy) is 1. The van der Waals surface area contributed by atoms with Gasteiger partial charge in [-0.05, 0) is 19.4 Å². The molecule has 1 N–H and O–H groups in total. The van der Waals surface area contributed by atoms with Gasteiger partial charge in [0.2, 0.25) is 5.91 Å². The molecule has 0 saturated carbocycles. The zero-order valence-corrected chi connectivity index (χ0v) is 17.4. The van der Waals surface area contributed by atoms with Crippen molar-refractivity contribution in [2.45, 2.75) is 25.5 Å².